The number of halogens is 1. The zero-order valence-corrected chi connectivity index (χ0v) is 8.15. The van der Waals surface area contributed by atoms with Gasteiger partial charge in [0.25, 0.3) is 0 Å². The van der Waals surface area contributed by atoms with Crippen molar-refractivity contribution in [2.24, 2.45) is 0 Å². The SMILES string of the molecule is Oc1[c-]cc(Cl)cc1.[W]. The number of benzene rings is 1. The minimum absolute atomic E-state index is 0. The van der Waals surface area contributed by atoms with Gasteiger partial charge >= 0.3 is 0 Å². The molecule has 0 saturated carbocycles. The summed E-state index contributed by atoms with van der Waals surface area (Å²) >= 11 is 5.47. The van der Waals surface area contributed by atoms with Crippen LogP contribution in [0.3, 0.4) is 0 Å². The second-order valence-electron chi connectivity index (χ2n) is 1.39. The molecule has 0 aliphatic rings. The molecule has 0 aromatic heterocycles. The van der Waals surface area contributed by atoms with E-state index in [2.05, 4.69) is 6.07 Å². The smallest absolute Gasteiger partial charge is 0.00406 e. The van der Waals surface area contributed by atoms with Gasteiger partial charge in [-0.25, -0.2) is 0 Å². The largest absolute Gasteiger partial charge is 0.534 e. The van der Waals surface area contributed by atoms with Crippen molar-refractivity contribution in [2.45, 2.75) is 0 Å². The van der Waals surface area contributed by atoms with Crippen LogP contribution in [0.1, 0.15) is 0 Å². The fourth-order valence-electron chi connectivity index (χ4n) is 0.398. The quantitative estimate of drug-likeness (QED) is 0.725. The van der Waals surface area contributed by atoms with Crippen molar-refractivity contribution in [3.05, 3.63) is 29.3 Å². The monoisotopic (exact) mass is 311 g/mol. The minimum Gasteiger partial charge on any atom is -0.534 e. The molecule has 0 aliphatic carbocycles. The predicted molar refractivity (Wildman–Crippen MR) is 32.0 cm³/mol. The van der Waals surface area contributed by atoms with Gasteiger partial charge < -0.3 is 5.11 Å². The van der Waals surface area contributed by atoms with E-state index in [1.807, 2.05) is 0 Å². The number of rotatable bonds is 0. The standard InChI is InChI=1S/C6H4ClO.W/c7-5-1-3-6(8)4-2-5;/h1-3,8H;/q-1;. The van der Waals surface area contributed by atoms with Crippen LogP contribution >= 0.6 is 11.6 Å². The molecule has 0 radical (unpaired) electrons. The average molecular weight is 311 g/mol. The molecule has 0 bridgehead atoms. The van der Waals surface area contributed by atoms with Gasteiger partial charge in [-0.1, -0.05) is 5.02 Å². The number of hydrogen-bond acceptors (Lipinski definition) is 1. The summed E-state index contributed by atoms with van der Waals surface area (Å²) in [6.07, 6.45) is 0. The van der Waals surface area contributed by atoms with E-state index < -0.39 is 0 Å². The maximum Gasteiger partial charge on any atom is 0.00406 e. The van der Waals surface area contributed by atoms with Gasteiger partial charge in [0.05, 0.1) is 0 Å². The zero-order chi connectivity index (χ0) is 5.98. The van der Waals surface area contributed by atoms with Crippen molar-refractivity contribution >= 4 is 11.6 Å². The molecular formula is C6H4ClOW-. The Balaban J connectivity index is 0.000000640. The summed E-state index contributed by atoms with van der Waals surface area (Å²) in [4.78, 5) is 0. The fourth-order valence-corrected chi connectivity index (χ4v) is 0.515. The first-order chi connectivity index (χ1) is 3.79. The summed E-state index contributed by atoms with van der Waals surface area (Å²) in [7, 11) is 0. The third-order valence-electron chi connectivity index (χ3n) is 0.758. The first-order valence-electron chi connectivity index (χ1n) is 2.15. The Bertz CT molecular complexity index is 152. The normalized spacial score (nSPS) is 8.11. The molecule has 0 amide bonds. The van der Waals surface area contributed by atoms with Crippen molar-refractivity contribution in [1.29, 1.82) is 0 Å². The van der Waals surface area contributed by atoms with Crippen molar-refractivity contribution in [3.63, 3.8) is 0 Å². The van der Waals surface area contributed by atoms with E-state index in [1.54, 1.807) is 6.07 Å². The van der Waals surface area contributed by atoms with Gasteiger partial charge in [-0.05, 0) is 0 Å². The molecule has 0 spiro atoms. The van der Waals surface area contributed by atoms with E-state index >= 15 is 0 Å². The summed E-state index contributed by atoms with van der Waals surface area (Å²) in [6.45, 7) is 0. The molecule has 0 fully saturated rings. The minimum atomic E-state index is 0. The molecule has 48 valence electrons. The summed E-state index contributed by atoms with van der Waals surface area (Å²) in [5.41, 5.74) is 0. The van der Waals surface area contributed by atoms with Gasteiger partial charge in [0.15, 0.2) is 0 Å². The maximum atomic E-state index is 8.64. The molecule has 1 aromatic rings. The van der Waals surface area contributed by atoms with Crippen LogP contribution < -0.4 is 0 Å². The number of hydrogen-bond donors (Lipinski definition) is 1. The number of phenolic OH excluding ortho intramolecular Hbond substituents is 1. The molecule has 3 heteroatoms. The summed E-state index contributed by atoms with van der Waals surface area (Å²) in [6, 6.07) is 7.13. The Hall–Kier alpha value is -0.00169. The first-order valence-corrected chi connectivity index (χ1v) is 2.53. The van der Waals surface area contributed by atoms with Crippen molar-refractivity contribution in [3.8, 4) is 5.75 Å². The molecule has 0 unspecified atom stereocenters. The third kappa shape index (κ3) is 2.88. The fraction of sp³-hybridized carbons (Fsp3) is 0. The molecule has 9 heavy (non-hydrogen) atoms. The topological polar surface area (TPSA) is 20.2 Å². The molecule has 0 heterocycles. The Morgan fingerprint density at radius 2 is 2.11 bits per heavy atom. The molecule has 1 N–H and O–H groups in total. The van der Waals surface area contributed by atoms with E-state index in [9.17, 15) is 0 Å². The summed E-state index contributed by atoms with van der Waals surface area (Å²) in [5.74, 6) is 0.120. The van der Waals surface area contributed by atoms with Crippen LogP contribution in [0.25, 0.3) is 0 Å². The van der Waals surface area contributed by atoms with Gasteiger partial charge in [0, 0.05) is 26.8 Å². The summed E-state index contributed by atoms with van der Waals surface area (Å²) < 4.78 is 0. The van der Waals surface area contributed by atoms with Gasteiger partial charge in [0.2, 0.25) is 0 Å². The maximum absolute atomic E-state index is 8.64. The van der Waals surface area contributed by atoms with Crippen LogP contribution in [-0.2, 0) is 21.1 Å². The van der Waals surface area contributed by atoms with Crippen LogP contribution in [-0.4, -0.2) is 5.11 Å². The van der Waals surface area contributed by atoms with Gasteiger partial charge in [-0.3, -0.25) is 0 Å². The van der Waals surface area contributed by atoms with Crippen molar-refractivity contribution in [1.82, 2.24) is 0 Å². The zero-order valence-electron chi connectivity index (χ0n) is 4.47. The Morgan fingerprint density at radius 1 is 1.44 bits per heavy atom. The van der Waals surface area contributed by atoms with Gasteiger partial charge in [-0.15, -0.1) is 12.1 Å². The van der Waals surface area contributed by atoms with E-state index in [1.165, 1.54) is 12.1 Å². The average Bonchev–Trinajstić information content (AvgIpc) is 1.77. The number of phenols is 1. The number of aromatic hydroxyl groups is 1. The molecule has 1 aromatic carbocycles. The first kappa shape index (κ1) is 9.00. The van der Waals surface area contributed by atoms with Crippen LogP contribution in [0, 0.1) is 6.07 Å². The molecule has 1 rings (SSSR count). The predicted octanol–water partition coefficient (Wildman–Crippen LogP) is 1.84. The molecule has 1 nitrogen and oxygen atoms in total. The second kappa shape index (κ2) is 3.92. The molecule has 0 aliphatic heterocycles. The Morgan fingerprint density at radius 3 is 2.44 bits per heavy atom. The van der Waals surface area contributed by atoms with Crippen LogP contribution in [0.2, 0.25) is 5.02 Å². The molecule has 0 atom stereocenters. The van der Waals surface area contributed by atoms with E-state index in [0.29, 0.717) is 5.02 Å². The Kier molecular flexibility index (Phi) is 3.92. The molecule has 0 saturated heterocycles. The van der Waals surface area contributed by atoms with E-state index in [4.69, 9.17) is 16.7 Å². The van der Waals surface area contributed by atoms with E-state index in [-0.39, 0.29) is 26.8 Å². The van der Waals surface area contributed by atoms with Gasteiger partial charge in [0.1, 0.15) is 0 Å². The van der Waals surface area contributed by atoms with Crippen LogP contribution in [0.5, 0.6) is 5.75 Å². The van der Waals surface area contributed by atoms with Crippen molar-refractivity contribution < 1.29 is 26.2 Å². The summed E-state index contributed by atoms with van der Waals surface area (Å²) in [5, 5.41) is 9.23. The van der Waals surface area contributed by atoms with Crippen molar-refractivity contribution in [2.75, 3.05) is 0 Å². The van der Waals surface area contributed by atoms with Gasteiger partial charge in [-0.2, -0.15) is 23.7 Å². The van der Waals surface area contributed by atoms with Crippen LogP contribution in [0.4, 0.5) is 0 Å². The Labute approximate surface area is 72.9 Å². The van der Waals surface area contributed by atoms with Crippen LogP contribution in [0.15, 0.2) is 18.2 Å². The second-order valence-corrected chi connectivity index (χ2v) is 1.83. The molecular weight excluding hydrogens is 307 g/mol. The third-order valence-corrected chi connectivity index (χ3v) is 0.993. The van der Waals surface area contributed by atoms with E-state index in [0.717, 1.165) is 0 Å².